The first kappa shape index (κ1) is 24.5. The number of benzene rings is 1. The van der Waals surface area contributed by atoms with Crippen molar-refractivity contribution in [3.63, 3.8) is 0 Å². The molecule has 1 fully saturated rings. The zero-order valence-electron chi connectivity index (χ0n) is 18.4. The lowest BCUT2D eigenvalue weighted by atomic mass is 10.2. The van der Waals surface area contributed by atoms with Gasteiger partial charge in [0, 0.05) is 45.3 Å². The van der Waals surface area contributed by atoms with E-state index in [4.69, 9.17) is 14.3 Å². The molecule has 1 unspecified atom stereocenters. The van der Waals surface area contributed by atoms with E-state index in [1.54, 1.807) is 0 Å². The van der Waals surface area contributed by atoms with Crippen LogP contribution in [0.3, 0.4) is 0 Å². The van der Waals surface area contributed by atoms with Gasteiger partial charge >= 0.3 is 0 Å². The number of aryl methyl sites for hydroxylation is 2. The summed E-state index contributed by atoms with van der Waals surface area (Å²) in [6, 6.07) is 10.2. The normalized spacial score (nSPS) is 16.1. The SMILES string of the molecule is CCNC(=NCC(C)Oc1ccc(C)cc1)N1CCN(Cc2cc(C)on2)CC1.I. The molecule has 7 nitrogen and oxygen atoms in total. The highest BCUT2D eigenvalue weighted by Crippen LogP contribution is 2.14. The summed E-state index contributed by atoms with van der Waals surface area (Å²) in [5.41, 5.74) is 2.23. The molecule has 3 rings (SSSR count). The van der Waals surface area contributed by atoms with E-state index >= 15 is 0 Å². The Bertz CT molecular complexity index is 785. The largest absolute Gasteiger partial charge is 0.489 e. The second kappa shape index (κ2) is 12.1. The van der Waals surface area contributed by atoms with Gasteiger partial charge in [0.25, 0.3) is 0 Å². The van der Waals surface area contributed by atoms with Gasteiger partial charge in [-0.25, -0.2) is 4.99 Å². The number of ether oxygens (including phenoxy) is 1. The van der Waals surface area contributed by atoms with Crippen LogP contribution in [0.15, 0.2) is 39.8 Å². The number of piperazine rings is 1. The van der Waals surface area contributed by atoms with E-state index < -0.39 is 0 Å². The van der Waals surface area contributed by atoms with Gasteiger partial charge in [0.2, 0.25) is 0 Å². The molecule has 166 valence electrons. The van der Waals surface area contributed by atoms with Crippen molar-refractivity contribution in [2.24, 2.45) is 4.99 Å². The highest BCUT2D eigenvalue weighted by atomic mass is 127. The maximum atomic E-state index is 5.99. The van der Waals surface area contributed by atoms with Crippen LogP contribution in [-0.2, 0) is 6.54 Å². The average molecular weight is 527 g/mol. The van der Waals surface area contributed by atoms with Crippen LogP contribution in [0, 0.1) is 13.8 Å². The number of rotatable bonds is 7. The third-order valence-corrected chi connectivity index (χ3v) is 4.93. The predicted octanol–water partition coefficient (Wildman–Crippen LogP) is 3.46. The summed E-state index contributed by atoms with van der Waals surface area (Å²) in [6.45, 7) is 14.3. The van der Waals surface area contributed by atoms with E-state index in [0.29, 0.717) is 6.54 Å². The van der Waals surface area contributed by atoms with Gasteiger partial charge in [-0.3, -0.25) is 4.90 Å². The van der Waals surface area contributed by atoms with Crippen LogP contribution in [0.4, 0.5) is 0 Å². The van der Waals surface area contributed by atoms with Crippen molar-refractivity contribution in [1.82, 2.24) is 20.3 Å². The van der Waals surface area contributed by atoms with Gasteiger partial charge in [0.05, 0.1) is 12.2 Å². The first-order chi connectivity index (χ1) is 14.0. The van der Waals surface area contributed by atoms with Gasteiger partial charge in [-0.05, 0) is 39.8 Å². The smallest absolute Gasteiger partial charge is 0.194 e. The third kappa shape index (κ3) is 7.46. The highest BCUT2D eigenvalue weighted by molar-refractivity contribution is 14.0. The summed E-state index contributed by atoms with van der Waals surface area (Å²) in [6.07, 6.45) is 0.0167. The number of nitrogens with one attached hydrogen (secondary N) is 1. The minimum absolute atomic E-state index is 0. The fourth-order valence-electron chi connectivity index (χ4n) is 3.37. The molecule has 1 aromatic heterocycles. The second-order valence-corrected chi connectivity index (χ2v) is 7.63. The number of hydrogen-bond acceptors (Lipinski definition) is 5. The van der Waals surface area contributed by atoms with Crippen molar-refractivity contribution in [3.8, 4) is 5.75 Å². The Morgan fingerprint density at radius 1 is 1.20 bits per heavy atom. The fourth-order valence-corrected chi connectivity index (χ4v) is 3.37. The summed E-state index contributed by atoms with van der Waals surface area (Å²) < 4.78 is 11.2. The van der Waals surface area contributed by atoms with Crippen molar-refractivity contribution >= 4 is 29.9 Å². The monoisotopic (exact) mass is 527 g/mol. The molecule has 1 aliphatic rings. The van der Waals surface area contributed by atoms with Gasteiger partial charge in [-0.15, -0.1) is 24.0 Å². The van der Waals surface area contributed by atoms with Crippen LogP contribution in [-0.4, -0.2) is 66.3 Å². The van der Waals surface area contributed by atoms with Gasteiger partial charge < -0.3 is 19.5 Å². The van der Waals surface area contributed by atoms with E-state index in [1.165, 1.54) is 5.56 Å². The van der Waals surface area contributed by atoms with Gasteiger partial charge in [0.1, 0.15) is 17.6 Å². The summed E-state index contributed by atoms with van der Waals surface area (Å²) in [4.78, 5) is 9.55. The van der Waals surface area contributed by atoms with E-state index in [-0.39, 0.29) is 30.1 Å². The van der Waals surface area contributed by atoms with E-state index in [0.717, 1.165) is 62.4 Å². The Balaban J connectivity index is 0.00000320. The van der Waals surface area contributed by atoms with E-state index in [1.807, 2.05) is 25.1 Å². The van der Waals surface area contributed by atoms with Crippen molar-refractivity contribution in [2.75, 3.05) is 39.3 Å². The summed E-state index contributed by atoms with van der Waals surface area (Å²) in [5.74, 6) is 2.71. The van der Waals surface area contributed by atoms with Crippen LogP contribution in [0.2, 0.25) is 0 Å². The Morgan fingerprint density at radius 2 is 1.90 bits per heavy atom. The third-order valence-electron chi connectivity index (χ3n) is 4.93. The lowest BCUT2D eigenvalue weighted by Crippen LogP contribution is -2.52. The zero-order valence-corrected chi connectivity index (χ0v) is 20.8. The van der Waals surface area contributed by atoms with Crippen LogP contribution in [0.5, 0.6) is 5.75 Å². The number of halogens is 1. The van der Waals surface area contributed by atoms with Crippen LogP contribution < -0.4 is 10.1 Å². The average Bonchev–Trinajstić information content (AvgIpc) is 3.12. The number of guanidine groups is 1. The van der Waals surface area contributed by atoms with Crippen molar-refractivity contribution in [1.29, 1.82) is 0 Å². The lowest BCUT2D eigenvalue weighted by Gasteiger charge is -2.36. The molecule has 1 saturated heterocycles. The lowest BCUT2D eigenvalue weighted by molar-refractivity contribution is 0.168. The molecule has 0 saturated carbocycles. The maximum absolute atomic E-state index is 5.99. The van der Waals surface area contributed by atoms with E-state index in [2.05, 4.69) is 53.2 Å². The van der Waals surface area contributed by atoms with Gasteiger partial charge in [-0.2, -0.15) is 0 Å². The molecule has 0 bridgehead atoms. The van der Waals surface area contributed by atoms with Gasteiger partial charge in [-0.1, -0.05) is 22.9 Å². The van der Waals surface area contributed by atoms with Crippen LogP contribution in [0.25, 0.3) is 0 Å². The molecule has 1 aliphatic heterocycles. The Morgan fingerprint density at radius 3 is 2.50 bits per heavy atom. The number of hydrogen-bond donors (Lipinski definition) is 1. The minimum atomic E-state index is 0. The molecular weight excluding hydrogens is 493 g/mol. The molecule has 2 heterocycles. The first-order valence-electron chi connectivity index (χ1n) is 10.4. The van der Waals surface area contributed by atoms with Crippen LogP contribution >= 0.6 is 24.0 Å². The number of nitrogens with zero attached hydrogens (tertiary/aromatic N) is 4. The molecule has 0 radical (unpaired) electrons. The van der Waals surface area contributed by atoms with Crippen molar-refractivity contribution in [3.05, 3.63) is 47.3 Å². The molecule has 0 aliphatic carbocycles. The summed E-state index contributed by atoms with van der Waals surface area (Å²) >= 11 is 0. The van der Waals surface area contributed by atoms with Crippen molar-refractivity contribution < 1.29 is 9.26 Å². The molecule has 1 N–H and O–H groups in total. The Labute approximate surface area is 196 Å². The molecular formula is C22H34IN5O2. The zero-order chi connectivity index (χ0) is 20.6. The van der Waals surface area contributed by atoms with E-state index in [9.17, 15) is 0 Å². The predicted molar refractivity (Wildman–Crippen MR) is 131 cm³/mol. The first-order valence-corrected chi connectivity index (χ1v) is 10.4. The maximum Gasteiger partial charge on any atom is 0.194 e. The topological polar surface area (TPSA) is 66.1 Å². The van der Waals surface area contributed by atoms with Crippen molar-refractivity contribution in [2.45, 2.75) is 40.3 Å². The molecule has 8 heteroatoms. The summed E-state index contributed by atoms with van der Waals surface area (Å²) in [5, 5.41) is 7.52. The highest BCUT2D eigenvalue weighted by Gasteiger charge is 2.20. The molecule has 1 aromatic carbocycles. The molecule has 1 atom stereocenters. The van der Waals surface area contributed by atoms with Crippen LogP contribution in [0.1, 0.15) is 30.9 Å². The van der Waals surface area contributed by atoms with Gasteiger partial charge in [0.15, 0.2) is 5.96 Å². The molecule has 30 heavy (non-hydrogen) atoms. The summed E-state index contributed by atoms with van der Waals surface area (Å²) in [7, 11) is 0. The molecule has 0 spiro atoms. The minimum Gasteiger partial charge on any atom is -0.489 e. The number of aromatic nitrogens is 1. The second-order valence-electron chi connectivity index (χ2n) is 7.63. The Hall–Kier alpha value is -1.81. The number of aliphatic imine (C=N–C) groups is 1. The molecule has 2 aromatic rings. The fraction of sp³-hybridized carbons (Fsp3) is 0.545. The quantitative estimate of drug-likeness (QED) is 0.338. The Kier molecular flexibility index (Phi) is 9.90. The standard InChI is InChI=1S/C22H33N5O2.HI/c1-5-23-22(24-15-19(4)28-21-8-6-17(2)7-9-21)27-12-10-26(11-13-27)16-20-14-18(3)29-25-20;/h6-9,14,19H,5,10-13,15-16H2,1-4H3,(H,23,24);1H. The molecule has 0 amide bonds.